The molecule has 1 aromatic heterocycles. The smallest absolute Gasteiger partial charge is 0.202 e. The Morgan fingerprint density at radius 3 is 2.48 bits per heavy atom. The van der Waals surface area contributed by atoms with Gasteiger partial charge in [0.25, 0.3) is 0 Å². The minimum Gasteiger partial charge on any atom is -0.356 e. The number of aryl methyl sites for hydroxylation is 1. The Balaban J connectivity index is 1.59. The first-order valence-corrected chi connectivity index (χ1v) is 7.73. The number of hydrogen-bond donors (Lipinski definition) is 1. The third kappa shape index (κ3) is 3.89. The fraction of sp³-hybridized carbons (Fsp3) is 0.176. The summed E-state index contributed by atoms with van der Waals surface area (Å²) in [5.41, 5.74) is 3.76. The molecule has 0 saturated carbocycles. The molecule has 4 heteroatoms. The Morgan fingerprint density at radius 2 is 1.71 bits per heavy atom. The Labute approximate surface area is 128 Å². The van der Waals surface area contributed by atoms with Gasteiger partial charge in [-0.25, -0.2) is 4.98 Å². The number of nitrogens with one attached hydrogen (secondary N) is 1. The van der Waals surface area contributed by atoms with Gasteiger partial charge in [-0.2, -0.15) is 4.37 Å². The highest BCUT2D eigenvalue weighted by Gasteiger charge is 2.05. The molecule has 0 aliphatic heterocycles. The molecule has 0 spiro atoms. The zero-order valence-corrected chi connectivity index (χ0v) is 12.7. The van der Waals surface area contributed by atoms with E-state index in [1.54, 1.807) is 0 Å². The van der Waals surface area contributed by atoms with Crippen molar-refractivity contribution in [3.05, 3.63) is 77.1 Å². The molecule has 0 aliphatic carbocycles. The van der Waals surface area contributed by atoms with E-state index < -0.39 is 0 Å². The van der Waals surface area contributed by atoms with Crippen molar-refractivity contribution in [1.29, 1.82) is 0 Å². The van der Waals surface area contributed by atoms with Crippen LogP contribution < -0.4 is 5.32 Å². The SMILES string of the molecule is Cc1ccc(Cc2nsc(NCc3ccccc3)n2)cc1. The van der Waals surface area contributed by atoms with Crippen LogP contribution in [-0.2, 0) is 13.0 Å². The maximum Gasteiger partial charge on any atom is 0.202 e. The van der Waals surface area contributed by atoms with Crippen LogP contribution in [0.4, 0.5) is 5.13 Å². The predicted molar refractivity (Wildman–Crippen MR) is 87.7 cm³/mol. The molecule has 3 rings (SSSR count). The lowest BCUT2D eigenvalue weighted by Crippen LogP contribution is -1.99. The summed E-state index contributed by atoms with van der Waals surface area (Å²) in [7, 11) is 0. The van der Waals surface area contributed by atoms with Gasteiger partial charge in [-0.1, -0.05) is 60.2 Å². The van der Waals surface area contributed by atoms with E-state index >= 15 is 0 Å². The fourth-order valence-electron chi connectivity index (χ4n) is 2.06. The summed E-state index contributed by atoms with van der Waals surface area (Å²) in [6.45, 7) is 2.87. The van der Waals surface area contributed by atoms with E-state index in [2.05, 4.69) is 58.0 Å². The topological polar surface area (TPSA) is 37.8 Å². The molecule has 1 N–H and O–H groups in total. The van der Waals surface area contributed by atoms with Crippen molar-refractivity contribution in [3.63, 3.8) is 0 Å². The van der Waals surface area contributed by atoms with Crippen molar-refractivity contribution in [2.24, 2.45) is 0 Å². The first-order valence-electron chi connectivity index (χ1n) is 6.95. The summed E-state index contributed by atoms with van der Waals surface area (Å²) in [4.78, 5) is 4.54. The van der Waals surface area contributed by atoms with E-state index in [1.807, 2.05) is 18.2 Å². The maximum atomic E-state index is 4.54. The molecule has 0 bridgehead atoms. The van der Waals surface area contributed by atoms with Gasteiger partial charge in [-0.15, -0.1) is 0 Å². The third-order valence-electron chi connectivity index (χ3n) is 3.24. The van der Waals surface area contributed by atoms with Gasteiger partial charge >= 0.3 is 0 Å². The van der Waals surface area contributed by atoms with E-state index in [9.17, 15) is 0 Å². The van der Waals surface area contributed by atoms with Gasteiger partial charge in [0.2, 0.25) is 5.13 Å². The molecule has 0 saturated heterocycles. The van der Waals surface area contributed by atoms with Crippen LogP contribution in [0.15, 0.2) is 54.6 Å². The monoisotopic (exact) mass is 295 g/mol. The highest BCUT2D eigenvalue weighted by Crippen LogP contribution is 2.15. The largest absolute Gasteiger partial charge is 0.356 e. The Morgan fingerprint density at radius 1 is 0.952 bits per heavy atom. The van der Waals surface area contributed by atoms with Gasteiger partial charge in [-0.05, 0) is 18.1 Å². The fourth-order valence-corrected chi connectivity index (χ4v) is 2.64. The van der Waals surface area contributed by atoms with Crippen LogP contribution in [0.1, 0.15) is 22.5 Å². The van der Waals surface area contributed by atoms with Crippen LogP contribution in [0, 0.1) is 6.92 Å². The normalized spacial score (nSPS) is 10.5. The van der Waals surface area contributed by atoms with E-state index in [-0.39, 0.29) is 0 Å². The molecule has 0 aliphatic rings. The number of nitrogens with zero attached hydrogens (tertiary/aromatic N) is 2. The first kappa shape index (κ1) is 13.8. The van der Waals surface area contributed by atoms with Crippen LogP contribution in [0.3, 0.4) is 0 Å². The van der Waals surface area contributed by atoms with Crippen molar-refractivity contribution < 1.29 is 0 Å². The maximum absolute atomic E-state index is 4.54. The number of rotatable bonds is 5. The predicted octanol–water partition coefficient (Wildman–Crippen LogP) is 4.05. The summed E-state index contributed by atoms with van der Waals surface area (Å²) >= 11 is 1.42. The van der Waals surface area contributed by atoms with Crippen molar-refractivity contribution in [1.82, 2.24) is 9.36 Å². The summed E-state index contributed by atoms with van der Waals surface area (Å²) in [5.74, 6) is 0.874. The molecule has 3 aromatic rings. The molecule has 2 aromatic carbocycles. The van der Waals surface area contributed by atoms with Crippen molar-refractivity contribution in [2.45, 2.75) is 19.9 Å². The lowest BCUT2D eigenvalue weighted by Gasteiger charge is -2.01. The zero-order chi connectivity index (χ0) is 14.5. The van der Waals surface area contributed by atoms with Crippen LogP contribution >= 0.6 is 11.5 Å². The Kier molecular flexibility index (Phi) is 4.26. The minimum absolute atomic E-state index is 0.778. The first-order chi connectivity index (χ1) is 10.3. The Bertz CT molecular complexity index is 690. The molecule has 21 heavy (non-hydrogen) atoms. The van der Waals surface area contributed by atoms with Gasteiger partial charge < -0.3 is 5.32 Å². The van der Waals surface area contributed by atoms with Crippen LogP contribution in [0.25, 0.3) is 0 Å². The molecule has 0 atom stereocenters. The molecular weight excluding hydrogens is 278 g/mol. The second-order valence-corrected chi connectivity index (χ2v) is 5.77. The van der Waals surface area contributed by atoms with Crippen molar-refractivity contribution in [3.8, 4) is 0 Å². The molecule has 0 radical (unpaired) electrons. The van der Waals surface area contributed by atoms with Gasteiger partial charge in [-0.3, -0.25) is 0 Å². The van der Waals surface area contributed by atoms with Gasteiger partial charge in [0.05, 0.1) is 0 Å². The minimum atomic E-state index is 0.778. The standard InChI is InChI=1S/C17H17N3S/c1-13-7-9-14(10-8-13)11-16-19-17(21-20-16)18-12-15-5-3-2-4-6-15/h2-10H,11-12H2,1H3,(H,18,19,20). The second kappa shape index (κ2) is 6.50. The molecule has 106 valence electrons. The third-order valence-corrected chi connectivity index (χ3v) is 3.95. The number of aromatic nitrogens is 2. The quantitative estimate of drug-likeness (QED) is 0.771. The van der Waals surface area contributed by atoms with E-state index in [0.29, 0.717) is 0 Å². The average Bonchev–Trinajstić information content (AvgIpc) is 2.96. The molecule has 1 heterocycles. The lowest BCUT2D eigenvalue weighted by molar-refractivity contribution is 1.02. The summed E-state index contributed by atoms with van der Waals surface area (Å²) in [5, 5.41) is 4.20. The van der Waals surface area contributed by atoms with E-state index in [1.165, 1.54) is 28.2 Å². The van der Waals surface area contributed by atoms with Crippen LogP contribution in [0.5, 0.6) is 0 Å². The van der Waals surface area contributed by atoms with Gasteiger partial charge in [0.15, 0.2) is 0 Å². The number of benzene rings is 2. The van der Waals surface area contributed by atoms with Crippen LogP contribution in [0.2, 0.25) is 0 Å². The second-order valence-electron chi connectivity index (χ2n) is 5.02. The highest BCUT2D eigenvalue weighted by atomic mass is 32.1. The van der Waals surface area contributed by atoms with Gasteiger partial charge in [0, 0.05) is 24.5 Å². The molecular formula is C17H17N3S. The zero-order valence-electron chi connectivity index (χ0n) is 11.9. The molecule has 3 nitrogen and oxygen atoms in total. The molecule has 0 amide bonds. The highest BCUT2D eigenvalue weighted by molar-refractivity contribution is 7.09. The van der Waals surface area contributed by atoms with Gasteiger partial charge in [0.1, 0.15) is 5.82 Å². The summed E-state index contributed by atoms with van der Waals surface area (Å²) < 4.78 is 4.41. The summed E-state index contributed by atoms with van der Waals surface area (Å²) in [6, 6.07) is 18.8. The molecule has 0 unspecified atom stereocenters. The van der Waals surface area contributed by atoms with Crippen molar-refractivity contribution in [2.75, 3.05) is 5.32 Å². The summed E-state index contributed by atoms with van der Waals surface area (Å²) in [6.07, 6.45) is 0.782. The molecule has 0 fully saturated rings. The van der Waals surface area contributed by atoms with Crippen LogP contribution in [-0.4, -0.2) is 9.36 Å². The van der Waals surface area contributed by atoms with E-state index in [4.69, 9.17) is 0 Å². The number of hydrogen-bond acceptors (Lipinski definition) is 4. The van der Waals surface area contributed by atoms with E-state index in [0.717, 1.165) is 23.9 Å². The lowest BCUT2D eigenvalue weighted by atomic mass is 10.1. The Hall–Kier alpha value is -2.20. The van der Waals surface area contributed by atoms with Crippen molar-refractivity contribution >= 4 is 16.7 Å². The number of anilines is 1. The average molecular weight is 295 g/mol.